The van der Waals surface area contributed by atoms with Crippen LogP contribution >= 0.6 is 0 Å². The van der Waals surface area contributed by atoms with Crippen LogP contribution in [-0.4, -0.2) is 12.1 Å². The molecule has 0 saturated heterocycles. The van der Waals surface area contributed by atoms with E-state index in [0.29, 0.717) is 12.4 Å². The van der Waals surface area contributed by atoms with E-state index in [9.17, 15) is 0 Å². The number of hydrogen-bond acceptors (Lipinski definition) is 3. The van der Waals surface area contributed by atoms with Crippen molar-refractivity contribution in [3.05, 3.63) is 23.4 Å². The molecule has 3 nitrogen and oxygen atoms in total. The number of nitrogens with zero attached hydrogens (tertiary/aromatic N) is 1. The Morgan fingerprint density at radius 1 is 1.55 bits per heavy atom. The summed E-state index contributed by atoms with van der Waals surface area (Å²) in [5, 5.41) is 0. The molecule has 1 rings (SSSR count). The van der Waals surface area contributed by atoms with Crippen molar-refractivity contribution in [3.63, 3.8) is 0 Å². The quantitative estimate of drug-likeness (QED) is 0.683. The molecule has 0 spiro atoms. The first-order valence-electron chi connectivity index (χ1n) is 3.48. The second-order valence-electron chi connectivity index (χ2n) is 2.33. The maximum absolute atomic E-state index is 5.46. The maximum Gasteiger partial charge on any atom is 0.217 e. The van der Waals surface area contributed by atoms with Gasteiger partial charge in [0.25, 0.3) is 0 Å². The third-order valence-corrected chi connectivity index (χ3v) is 1.49. The molecule has 60 valence electrons. The molecule has 0 radical (unpaired) electrons. The normalized spacial score (nSPS) is 9.73. The zero-order chi connectivity index (χ0) is 8.27. The van der Waals surface area contributed by atoms with E-state index < -0.39 is 0 Å². The minimum Gasteiger partial charge on any atom is -0.481 e. The fourth-order valence-electron chi connectivity index (χ4n) is 0.894. The molecular formula is C8H12N2O. The summed E-state index contributed by atoms with van der Waals surface area (Å²) in [4.78, 5) is 4.16. The zero-order valence-electron chi connectivity index (χ0n) is 6.79. The fourth-order valence-corrected chi connectivity index (χ4v) is 0.894. The Hall–Kier alpha value is -1.09. The van der Waals surface area contributed by atoms with Crippen molar-refractivity contribution in [2.45, 2.75) is 13.5 Å². The van der Waals surface area contributed by atoms with Gasteiger partial charge in [0, 0.05) is 17.8 Å². The van der Waals surface area contributed by atoms with Gasteiger partial charge in [-0.05, 0) is 13.0 Å². The molecule has 2 N–H and O–H groups in total. The van der Waals surface area contributed by atoms with Gasteiger partial charge in [-0.3, -0.25) is 0 Å². The average molecular weight is 152 g/mol. The van der Waals surface area contributed by atoms with E-state index in [-0.39, 0.29) is 0 Å². The monoisotopic (exact) mass is 152 g/mol. The van der Waals surface area contributed by atoms with Crippen molar-refractivity contribution < 1.29 is 4.74 Å². The number of rotatable bonds is 2. The SMILES string of the molecule is COc1nc(C)ccc1CN. The van der Waals surface area contributed by atoms with Crippen molar-refractivity contribution in [2.75, 3.05) is 7.11 Å². The van der Waals surface area contributed by atoms with Crippen LogP contribution in [-0.2, 0) is 6.54 Å². The van der Waals surface area contributed by atoms with Crippen LogP contribution in [0.3, 0.4) is 0 Å². The van der Waals surface area contributed by atoms with Gasteiger partial charge in [0.15, 0.2) is 0 Å². The Morgan fingerprint density at radius 3 is 2.82 bits per heavy atom. The van der Waals surface area contributed by atoms with Crippen LogP contribution in [0.2, 0.25) is 0 Å². The summed E-state index contributed by atoms with van der Waals surface area (Å²) in [6, 6.07) is 3.85. The minimum absolute atomic E-state index is 0.469. The Bertz CT molecular complexity index is 248. The average Bonchev–Trinajstić information content (AvgIpc) is 2.04. The first-order valence-corrected chi connectivity index (χ1v) is 3.48. The number of aromatic nitrogens is 1. The van der Waals surface area contributed by atoms with Crippen molar-refractivity contribution >= 4 is 0 Å². The molecule has 0 aliphatic heterocycles. The van der Waals surface area contributed by atoms with Crippen molar-refractivity contribution in [3.8, 4) is 5.88 Å². The highest BCUT2D eigenvalue weighted by atomic mass is 16.5. The van der Waals surface area contributed by atoms with Gasteiger partial charge >= 0.3 is 0 Å². The third-order valence-electron chi connectivity index (χ3n) is 1.49. The lowest BCUT2D eigenvalue weighted by Crippen LogP contribution is -2.01. The van der Waals surface area contributed by atoms with Gasteiger partial charge in [0.05, 0.1) is 7.11 Å². The van der Waals surface area contributed by atoms with Gasteiger partial charge in [0.2, 0.25) is 5.88 Å². The molecule has 0 aliphatic carbocycles. The molecule has 0 amide bonds. The molecule has 0 aliphatic rings. The van der Waals surface area contributed by atoms with Crippen LogP contribution in [0, 0.1) is 6.92 Å². The van der Waals surface area contributed by atoms with E-state index in [1.807, 2.05) is 19.1 Å². The van der Waals surface area contributed by atoms with E-state index in [0.717, 1.165) is 11.3 Å². The second-order valence-corrected chi connectivity index (χ2v) is 2.33. The maximum atomic E-state index is 5.46. The standard InChI is InChI=1S/C8H12N2O/c1-6-3-4-7(5-9)8(10-6)11-2/h3-4H,5,9H2,1-2H3. The van der Waals surface area contributed by atoms with Gasteiger partial charge in [-0.1, -0.05) is 6.07 Å². The van der Waals surface area contributed by atoms with Crippen LogP contribution in [0.25, 0.3) is 0 Å². The summed E-state index contributed by atoms with van der Waals surface area (Å²) in [7, 11) is 1.60. The molecule has 0 fully saturated rings. The summed E-state index contributed by atoms with van der Waals surface area (Å²) in [6.45, 7) is 2.39. The highest BCUT2D eigenvalue weighted by molar-refractivity contribution is 5.27. The van der Waals surface area contributed by atoms with Crippen molar-refractivity contribution in [1.29, 1.82) is 0 Å². The lowest BCUT2D eigenvalue weighted by Gasteiger charge is -2.04. The molecule has 1 aromatic heterocycles. The molecule has 0 saturated carbocycles. The molecule has 11 heavy (non-hydrogen) atoms. The number of pyridine rings is 1. The highest BCUT2D eigenvalue weighted by Crippen LogP contribution is 2.13. The zero-order valence-corrected chi connectivity index (χ0v) is 6.79. The van der Waals surface area contributed by atoms with Crippen LogP contribution in [0.15, 0.2) is 12.1 Å². The first-order chi connectivity index (χ1) is 5.27. The van der Waals surface area contributed by atoms with Crippen molar-refractivity contribution in [1.82, 2.24) is 4.98 Å². The topological polar surface area (TPSA) is 48.1 Å². The predicted octanol–water partition coefficient (Wildman–Crippen LogP) is 0.857. The van der Waals surface area contributed by atoms with Crippen LogP contribution in [0.4, 0.5) is 0 Å². The van der Waals surface area contributed by atoms with E-state index in [1.54, 1.807) is 7.11 Å². The number of aryl methyl sites for hydroxylation is 1. The van der Waals surface area contributed by atoms with E-state index in [2.05, 4.69) is 4.98 Å². The molecule has 0 bridgehead atoms. The summed E-state index contributed by atoms with van der Waals surface area (Å²) in [6.07, 6.45) is 0. The predicted molar refractivity (Wildman–Crippen MR) is 43.4 cm³/mol. The molecule has 0 aromatic carbocycles. The first kappa shape index (κ1) is 8.01. The number of ether oxygens (including phenoxy) is 1. The molecule has 0 atom stereocenters. The number of nitrogens with two attached hydrogens (primary N) is 1. The Kier molecular flexibility index (Phi) is 2.44. The number of hydrogen-bond donors (Lipinski definition) is 1. The van der Waals surface area contributed by atoms with Gasteiger partial charge in [-0.2, -0.15) is 0 Å². The summed E-state index contributed by atoms with van der Waals surface area (Å²) in [5.74, 6) is 0.632. The molecule has 1 heterocycles. The number of methoxy groups -OCH3 is 1. The van der Waals surface area contributed by atoms with Gasteiger partial charge in [0.1, 0.15) is 0 Å². The summed E-state index contributed by atoms with van der Waals surface area (Å²) in [5.41, 5.74) is 7.34. The van der Waals surface area contributed by atoms with Crippen LogP contribution in [0.1, 0.15) is 11.3 Å². The third kappa shape index (κ3) is 1.68. The highest BCUT2D eigenvalue weighted by Gasteiger charge is 2.00. The lowest BCUT2D eigenvalue weighted by atomic mass is 10.2. The molecule has 3 heteroatoms. The van der Waals surface area contributed by atoms with E-state index in [4.69, 9.17) is 10.5 Å². The largest absolute Gasteiger partial charge is 0.481 e. The van der Waals surface area contributed by atoms with Gasteiger partial charge in [-0.15, -0.1) is 0 Å². The van der Waals surface area contributed by atoms with Gasteiger partial charge < -0.3 is 10.5 Å². The molecular weight excluding hydrogens is 140 g/mol. The van der Waals surface area contributed by atoms with E-state index in [1.165, 1.54) is 0 Å². The lowest BCUT2D eigenvalue weighted by molar-refractivity contribution is 0.391. The molecule has 0 unspecified atom stereocenters. The molecule has 1 aromatic rings. The van der Waals surface area contributed by atoms with E-state index >= 15 is 0 Å². The van der Waals surface area contributed by atoms with Crippen LogP contribution < -0.4 is 10.5 Å². The smallest absolute Gasteiger partial charge is 0.217 e. The van der Waals surface area contributed by atoms with Crippen molar-refractivity contribution in [2.24, 2.45) is 5.73 Å². The second kappa shape index (κ2) is 3.34. The summed E-state index contributed by atoms with van der Waals surface area (Å²) < 4.78 is 5.03. The minimum atomic E-state index is 0.469. The van der Waals surface area contributed by atoms with Crippen LogP contribution in [0.5, 0.6) is 5.88 Å². The Morgan fingerprint density at radius 2 is 2.27 bits per heavy atom. The summed E-state index contributed by atoms with van der Waals surface area (Å²) >= 11 is 0. The van der Waals surface area contributed by atoms with Gasteiger partial charge in [-0.25, -0.2) is 4.98 Å². The fraction of sp³-hybridized carbons (Fsp3) is 0.375. The Labute approximate surface area is 66.2 Å². The Balaban J connectivity index is 3.06.